The molecule has 1 amide bonds. The van der Waals surface area contributed by atoms with Gasteiger partial charge in [-0.25, -0.2) is 0 Å². The Hall–Kier alpha value is -0.770. The molecule has 0 aromatic carbocycles. The van der Waals surface area contributed by atoms with E-state index in [1.165, 1.54) is 64.7 Å². The Morgan fingerprint density at radius 2 is 1.72 bits per heavy atom. The second-order valence-corrected chi connectivity index (χ2v) is 12.5. The van der Waals surface area contributed by atoms with Crippen molar-refractivity contribution in [1.82, 2.24) is 30.7 Å². The monoisotopic (exact) mass is 504 g/mol. The van der Waals surface area contributed by atoms with Gasteiger partial charge < -0.3 is 25.2 Å². The van der Waals surface area contributed by atoms with Crippen molar-refractivity contribution in [2.24, 2.45) is 11.8 Å². The highest BCUT2D eigenvalue weighted by Crippen LogP contribution is 2.37. The maximum absolute atomic E-state index is 12.3. The molecular formula is C28H52N6O2. The zero-order chi connectivity index (χ0) is 25.2. The van der Waals surface area contributed by atoms with Gasteiger partial charge in [-0.2, -0.15) is 0 Å². The standard InChI is InChI=1S/C28H52N6O2/c1-19-23(30-25-7-5-6-21-11-13-34(20(2)35)27(21)25)10-12-29-28(19)31-24-9-8-22(18-26(24)36-4)33-16-14-32(3)15-17-33/h19,21-31H,5-18H2,1-4H3. The number of methoxy groups -OCH3 is 1. The Bertz CT molecular complexity index is 731. The minimum Gasteiger partial charge on any atom is -0.380 e. The molecule has 9 unspecified atom stereocenters. The summed E-state index contributed by atoms with van der Waals surface area (Å²) in [5.74, 6) is 1.43. The van der Waals surface area contributed by atoms with E-state index in [-0.39, 0.29) is 12.0 Å². The summed E-state index contributed by atoms with van der Waals surface area (Å²) < 4.78 is 6.07. The van der Waals surface area contributed by atoms with Crippen LogP contribution in [0.5, 0.6) is 0 Å². The van der Waals surface area contributed by atoms with E-state index in [9.17, 15) is 4.79 Å². The number of hydrogen-bond donors (Lipinski definition) is 3. The lowest BCUT2D eigenvalue weighted by atomic mass is 9.80. The predicted octanol–water partition coefficient (Wildman–Crippen LogP) is 1.46. The van der Waals surface area contributed by atoms with Gasteiger partial charge in [0.1, 0.15) is 0 Å². The molecule has 0 aromatic heterocycles. The molecule has 9 atom stereocenters. The molecule has 0 aromatic rings. The van der Waals surface area contributed by atoms with E-state index in [1.807, 2.05) is 7.11 Å². The van der Waals surface area contributed by atoms with Crippen LogP contribution in [0.2, 0.25) is 0 Å². The van der Waals surface area contributed by atoms with Crippen LogP contribution >= 0.6 is 0 Å². The molecule has 8 heteroatoms. The molecule has 0 spiro atoms. The first-order chi connectivity index (χ1) is 17.4. The van der Waals surface area contributed by atoms with Gasteiger partial charge in [0.2, 0.25) is 5.91 Å². The second-order valence-electron chi connectivity index (χ2n) is 12.5. The Balaban J connectivity index is 1.16. The molecule has 3 heterocycles. The fourth-order valence-corrected chi connectivity index (χ4v) is 8.16. The first-order valence-corrected chi connectivity index (χ1v) is 14.9. The van der Waals surface area contributed by atoms with E-state index in [2.05, 4.69) is 44.6 Å². The molecule has 5 rings (SSSR count). The zero-order valence-corrected chi connectivity index (χ0v) is 23.3. The van der Waals surface area contributed by atoms with Crippen molar-refractivity contribution in [3.63, 3.8) is 0 Å². The summed E-state index contributed by atoms with van der Waals surface area (Å²) in [5, 5.41) is 11.9. The quantitative estimate of drug-likeness (QED) is 0.506. The van der Waals surface area contributed by atoms with Gasteiger partial charge in [-0.3, -0.25) is 15.0 Å². The van der Waals surface area contributed by atoms with Crippen LogP contribution in [-0.2, 0) is 9.53 Å². The van der Waals surface area contributed by atoms with Crippen LogP contribution in [-0.4, -0.2) is 117 Å². The van der Waals surface area contributed by atoms with Crippen LogP contribution in [0.3, 0.4) is 0 Å². The molecule has 0 bridgehead atoms. The first-order valence-electron chi connectivity index (χ1n) is 14.9. The van der Waals surface area contributed by atoms with Gasteiger partial charge in [0.25, 0.3) is 0 Å². The van der Waals surface area contributed by atoms with Crippen molar-refractivity contribution >= 4 is 5.91 Å². The van der Waals surface area contributed by atoms with Gasteiger partial charge >= 0.3 is 0 Å². The maximum atomic E-state index is 12.3. The third-order valence-corrected chi connectivity index (χ3v) is 10.4. The molecule has 3 aliphatic heterocycles. The number of nitrogens with zero attached hydrogens (tertiary/aromatic N) is 3. The number of carbonyl (C=O) groups is 1. The summed E-state index contributed by atoms with van der Waals surface area (Å²) in [6.07, 6.45) is 10.2. The lowest BCUT2D eigenvalue weighted by Crippen LogP contribution is -2.65. The average molecular weight is 505 g/mol. The maximum Gasteiger partial charge on any atom is 0.219 e. The van der Waals surface area contributed by atoms with Crippen molar-refractivity contribution in [3.05, 3.63) is 0 Å². The Kier molecular flexibility index (Phi) is 8.91. The highest BCUT2D eigenvalue weighted by molar-refractivity contribution is 5.74. The summed E-state index contributed by atoms with van der Waals surface area (Å²) >= 11 is 0. The van der Waals surface area contributed by atoms with Gasteiger partial charge in [-0.05, 0) is 70.4 Å². The molecule has 3 N–H and O–H groups in total. The Labute approximate surface area is 219 Å². The number of fused-ring (bicyclic) bond motifs is 1. The molecule has 3 saturated heterocycles. The molecule has 2 aliphatic carbocycles. The summed E-state index contributed by atoms with van der Waals surface area (Å²) in [4.78, 5) is 19.7. The molecule has 2 saturated carbocycles. The highest BCUT2D eigenvalue weighted by atomic mass is 16.5. The smallest absolute Gasteiger partial charge is 0.219 e. The Morgan fingerprint density at radius 3 is 2.47 bits per heavy atom. The average Bonchev–Trinajstić information content (AvgIpc) is 3.33. The van der Waals surface area contributed by atoms with Crippen molar-refractivity contribution in [2.45, 2.75) is 108 Å². The summed E-state index contributed by atoms with van der Waals surface area (Å²) in [6.45, 7) is 10.9. The fraction of sp³-hybridized carbons (Fsp3) is 0.964. The molecule has 206 valence electrons. The lowest BCUT2D eigenvalue weighted by molar-refractivity contribution is -0.131. The van der Waals surface area contributed by atoms with Crippen molar-refractivity contribution in [2.75, 3.05) is 53.4 Å². The topological polar surface area (TPSA) is 72.1 Å². The minimum absolute atomic E-state index is 0.256. The number of amides is 1. The van der Waals surface area contributed by atoms with Crippen LogP contribution in [0.4, 0.5) is 0 Å². The van der Waals surface area contributed by atoms with E-state index < -0.39 is 0 Å². The lowest BCUT2D eigenvalue weighted by Gasteiger charge is -2.47. The number of rotatable bonds is 6. The van der Waals surface area contributed by atoms with Crippen molar-refractivity contribution in [1.29, 1.82) is 0 Å². The van der Waals surface area contributed by atoms with Gasteiger partial charge in [0, 0.05) is 77.0 Å². The van der Waals surface area contributed by atoms with Crippen LogP contribution in [0.1, 0.15) is 65.2 Å². The largest absolute Gasteiger partial charge is 0.380 e. The van der Waals surface area contributed by atoms with E-state index in [1.54, 1.807) is 6.92 Å². The molecular weight excluding hydrogens is 452 g/mol. The van der Waals surface area contributed by atoms with E-state index >= 15 is 0 Å². The summed E-state index contributed by atoms with van der Waals surface area (Å²) in [5.41, 5.74) is 0. The highest BCUT2D eigenvalue weighted by Gasteiger charge is 2.45. The number of piperazine rings is 1. The SMILES string of the molecule is COC1CC(N2CCN(C)CC2)CCC1NC1NCCC(NC2CCCC3CCN(C(C)=O)C32)C1C. The van der Waals surface area contributed by atoms with E-state index in [4.69, 9.17) is 4.74 Å². The number of piperidine rings is 1. The first kappa shape index (κ1) is 26.8. The van der Waals surface area contributed by atoms with Gasteiger partial charge in [0.15, 0.2) is 0 Å². The van der Waals surface area contributed by atoms with Gasteiger partial charge in [-0.15, -0.1) is 0 Å². The van der Waals surface area contributed by atoms with E-state index in [0.29, 0.717) is 48.2 Å². The van der Waals surface area contributed by atoms with Crippen LogP contribution in [0.15, 0.2) is 0 Å². The number of likely N-dealkylation sites (N-methyl/N-ethyl adjacent to an activating group) is 1. The molecule has 0 radical (unpaired) electrons. The normalized spacial score (nSPS) is 42.9. The summed E-state index contributed by atoms with van der Waals surface area (Å²) in [6, 6.07) is 2.37. The molecule has 36 heavy (non-hydrogen) atoms. The van der Waals surface area contributed by atoms with Crippen LogP contribution < -0.4 is 16.0 Å². The predicted molar refractivity (Wildman–Crippen MR) is 144 cm³/mol. The van der Waals surface area contributed by atoms with Gasteiger partial charge in [0.05, 0.1) is 12.3 Å². The number of likely N-dealkylation sites (tertiary alicyclic amines) is 1. The van der Waals surface area contributed by atoms with Gasteiger partial charge in [-0.1, -0.05) is 13.3 Å². The number of nitrogens with one attached hydrogen (secondary N) is 3. The van der Waals surface area contributed by atoms with Crippen LogP contribution in [0, 0.1) is 11.8 Å². The van der Waals surface area contributed by atoms with Crippen LogP contribution in [0.25, 0.3) is 0 Å². The number of hydrogen-bond acceptors (Lipinski definition) is 7. The third-order valence-electron chi connectivity index (χ3n) is 10.4. The number of carbonyl (C=O) groups excluding carboxylic acids is 1. The second kappa shape index (κ2) is 12.0. The molecule has 5 fully saturated rings. The summed E-state index contributed by atoms with van der Waals surface area (Å²) in [7, 11) is 4.13. The third kappa shape index (κ3) is 5.79. The minimum atomic E-state index is 0.256. The fourth-order valence-electron chi connectivity index (χ4n) is 8.16. The molecule has 8 nitrogen and oxygen atoms in total. The molecule has 5 aliphatic rings. The van der Waals surface area contributed by atoms with E-state index in [0.717, 1.165) is 25.9 Å². The van der Waals surface area contributed by atoms with Crippen molar-refractivity contribution < 1.29 is 9.53 Å². The van der Waals surface area contributed by atoms with Crippen molar-refractivity contribution in [3.8, 4) is 0 Å². The Morgan fingerprint density at radius 1 is 0.917 bits per heavy atom. The zero-order valence-electron chi connectivity index (χ0n) is 23.3. The number of ether oxygens (including phenoxy) is 1.